The van der Waals surface area contributed by atoms with E-state index in [1.165, 1.54) is 187 Å². The molecule has 0 unspecified atom stereocenters. The van der Waals surface area contributed by atoms with E-state index in [1.54, 1.807) is 0 Å². The summed E-state index contributed by atoms with van der Waals surface area (Å²) in [7, 11) is 0. The average Bonchev–Trinajstić information content (AvgIpc) is 0.748. The minimum absolute atomic E-state index is 1.29. The Morgan fingerprint density at radius 2 is 0.368 bits per heavy atom. The van der Waals surface area contributed by atoms with Gasteiger partial charge in [0.25, 0.3) is 0 Å². The maximum Gasteiger partial charge on any atom is -0.0125 e. The largest absolute Gasteiger partial charge is 0.0620 e. The van der Waals surface area contributed by atoms with Gasteiger partial charge in [0, 0.05) is 0 Å². The fourth-order valence-corrected chi connectivity index (χ4v) is 13.6. The highest BCUT2D eigenvalue weighted by atomic mass is 14.1. The SMILES string of the molecule is Cc1c2ccccc2c(C)c2ccccc12.Cc1ccc(-c2ccc(C)cc2)cc1.Cc1ccc(C)c2ccccc12.Cc1ccc(C)cc1.Cc1cccc(C)c1.Cc1cccc2c(C)c3ccccc3cc12.Cc1cccc2c(C)cccc12.Cc1cccc2cccc(C)c12.Cc1ccccc1C. The van der Waals surface area contributed by atoms with E-state index < -0.39 is 0 Å². The predicted molar refractivity (Wildman–Crippen MR) is 471 cm³/mol. The summed E-state index contributed by atoms with van der Waals surface area (Å²) in [4.78, 5) is 0. The van der Waals surface area contributed by atoms with Crippen molar-refractivity contribution in [1.29, 1.82) is 0 Å². The highest BCUT2D eigenvalue weighted by Gasteiger charge is 2.08. The van der Waals surface area contributed by atoms with E-state index in [0.29, 0.717) is 0 Å². The van der Waals surface area contributed by atoms with Crippen LogP contribution in [0, 0.1) is 125 Å². The summed E-state index contributed by atoms with van der Waals surface area (Å²) in [5, 5.41) is 19.2. The fraction of sp³-hybridized carbons (Fsp3) is 0.170. The molecule has 0 aromatic heterocycles. The molecular weight excluding hydrogens is 1270 g/mol. The van der Waals surface area contributed by atoms with Gasteiger partial charge in [-0.25, -0.2) is 0 Å². The van der Waals surface area contributed by atoms with Gasteiger partial charge in [-0.05, 0) is 284 Å². The van der Waals surface area contributed by atoms with Gasteiger partial charge in [0.15, 0.2) is 0 Å². The van der Waals surface area contributed by atoms with Crippen molar-refractivity contribution < 1.29 is 0 Å². The lowest BCUT2D eigenvalue weighted by molar-refractivity contribution is 1.34. The lowest BCUT2D eigenvalue weighted by Gasteiger charge is -2.11. The Kier molecular flexibility index (Phi) is 28.5. The molecule has 106 heavy (non-hydrogen) atoms. The molecule has 532 valence electrons. The Morgan fingerprint density at radius 3 is 0.717 bits per heavy atom. The average molecular weight is 1380 g/mol. The van der Waals surface area contributed by atoms with E-state index in [2.05, 4.69) is 452 Å². The second kappa shape index (κ2) is 38.4. The van der Waals surface area contributed by atoms with Crippen LogP contribution in [0.25, 0.3) is 86.5 Å². The monoisotopic (exact) mass is 1380 g/mol. The Hall–Kier alpha value is -11.4. The maximum atomic E-state index is 2.30. The second-order valence-electron chi connectivity index (χ2n) is 28.6. The van der Waals surface area contributed by atoms with E-state index >= 15 is 0 Å². The van der Waals surface area contributed by atoms with Crippen molar-refractivity contribution >= 4 is 75.4 Å². The molecule has 17 aromatic rings. The lowest BCUT2D eigenvalue weighted by atomic mass is 9.93. The molecule has 0 spiro atoms. The fourth-order valence-electron chi connectivity index (χ4n) is 13.6. The van der Waals surface area contributed by atoms with E-state index in [1.807, 2.05) is 0 Å². The number of benzene rings is 17. The van der Waals surface area contributed by atoms with Crippen LogP contribution in [0.2, 0.25) is 0 Å². The number of hydrogen-bond acceptors (Lipinski definition) is 0. The third-order valence-corrected chi connectivity index (χ3v) is 20.2. The van der Waals surface area contributed by atoms with Crippen molar-refractivity contribution in [3.8, 4) is 11.1 Å². The summed E-state index contributed by atoms with van der Waals surface area (Å²) in [6.07, 6.45) is 0. The molecule has 0 N–H and O–H groups in total. The Bertz CT molecular complexity index is 5300. The van der Waals surface area contributed by atoms with E-state index in [9.17, 15) is 0 Å². The summed E-state index contributed by atoms with van der Waals surface area (Å²) in [5.41, 5.74) is 26.9. The van der Waals surface area contributed by atoms with Crippen molar-refractivity contribution in [2.24, 2.45) is 0 Å². The topological polar surface area (TPSA) is 0 Å². The molecule has 0 heteroatoms. The van der Waals surface area contributed by atoms with Crippen LogP contribution in [0.3, 0.4) is 0 Å². The van der Waals surface area contributed by atoms with Crippen LogP contribution < -0.4 is 0 Å². The molecule has 0 aliphatic rings. The predicted octanol–water partition coefficient (Wildman–Crippen LogP) is 30.5. The zero-order valence-electron chi connectivity index (χ0n) is 66.2. The van der Waals surface area contributed by atoms with E-state index in [4.69, 9.17) is 0 Å². The van der Waals surface area contributed by atoms with Gasteiger partial charge in [-0.15, -0.1) is 0 Å². The Balaban J connectivity index is 0.000000139. The molecule has 0 heterocycles. The Labute approximate surface area is 634 Å². The number of fused-ring (bicyclic) bond motifs is 7. The molecule has 0 nitrogen and oxygen atoms in total. The first-order valence-electron chi connectivity index (χ1n) is 37.4. The van der Waals surface area contributed by atoms with Gasteiger partial charge in [-0.2, -0.15) is 0 Å². The summed E-state index contributed by atoms with van der Waals surface area (Å²) < 4.78 is 0. The van der Waals surface area contributed by atoms with Gasteiger partial charge in [-0.1, -0.05) is 355 Å². The highest BCUT2D eigenvalue weighted by Crippen LogP contribution is 2.33. The summed E-state index contributed by atoms with van der Waals surface area (Å²) in [6, 6.07) is 116. The number of rotatable bonds is 1. The van der Waals surface area contributed by atoms with Crippen molar-refractivity contribution in [3.63, 3.8) is 0 Å². The van der Waals surface area contributed by atoms with Crippen LogP contribution in [0.15, 0.2) is 328 Å². The number of hydrogen-bond donors (Lipinski definition) is 0. The van der Waals surface area contributed by atoms with Gasteiger partial charge < -0.3 is 0 Å². The summed E-state index contributed by atoms with van der Waals surface area (Å²) >= 11 is 0. The van der Waals surface area contributed by atoms with Gasteiger partial charge in [0.1, 0.15) is 0 Å². The maximum absolute atomic E-state index is 2.30. The first-order chi connectivity index (χ1) is 51.1. The second-order valence-corrected chi connectivity index (χ2v) is 28.6. The van der Waals surface area contributed by atoms with Crippen molar-refractivity contribution in [1.82, 2.24) is 0 Å². The quantitative estimate of drug-likeness (QED) is 0.144. The standard InChI is InChI=1S/2C16H14.C14H14.3C12H12.3C8H10/c1-11-13-7-3-5-9-15(13)12(2)16-10-6-4-8-14(11)16;1-11-6-5-9-15-12(2)14-8-4-3-7-13(14)10-16(11)15;1-11-3-7-13(8-4-11)14-9-5-12(2)6-10-14;1-9-5-3-8-12-10(2)6-4-7-11(9)12;1-9-5-3-7-11-8-4-6-10(2)12(9)11;1-9-7-8-10(2)12-6-4-3-5-11(9)12;1-7-3-5-8(2)6-4-7;1-7-4-3-5-8(2)6-7;1-7-5-3-4-6-8(7)2/h2*3-10H,1-2H3;3-10H,1-2H3;3*3-8H,1-2H3;3*3-6H,1-2H3. The molecule has 0 aliphatic carbocycles. The smallest absolute Gasteiger partial charge is 0.0125 e. The minimum Gasteiger partial charge on any atom is -0.0620 e. The molecule has 0 saturated heterocycles. The first-order valence-corrected chi connectivity index (χ1v) is 37.4. The molecule has 0 fully saturated rings. The molecule has 0 bridgehead atoms. The van der Waals surface area contributed by atoms with Crippen LogP contribution in [0.1, 0.15) is 100 Å². The molecule has 0 amide bonds. The third kappa shape index (κ3) is 21.4. The van der Waals surface area contributed by atoms with Gasteiger partial charge >= 0.3 is 0 Å². The highest BCUT2D eigenvalue weighted by molar-refractivity contribution is 6.06. The van der Waals surface area contributed by atoms with Gasteiger partial charge in [-0.3, -0.25) is 0 Å². The van der Waals surface area contributed by atoms with Crippen LogP contribution in [0.4, 0.5) is 0 Å². The Morgan fingerprint density at radius 1 is 0.132 bits per heavy atom. The van der Waals surface area contributed by atoms with E-state index in [-0.39, 0.29) is 0 Å². The normalized spacial score (nSPS) is 10.4. The van der Waals surface area contributed by atoms with Gasteiger partial charge in [0.05, 0.1) is 0 Å². The van der Waals surface area contributed by atoms with Crippen LogP contribution in [-0.4, -0.2) is 0 Å². The van der Waals surface area contributed by atoms with Crippen LogP contribution >= 0.6 is 0 Å². The van der Waals surface area contributed by atoms with Gasteiger partial charge in [0.2, 0.25) is 0 Å². The molecule has 0 radical (unpaired) electrons. The van der Waals surface area contributed by atoms with Crippen molar-refractivity contribution in [3.05, 3.63) is 428 Å². The third-order valence-electron chi connectivity index (χ3n) is 20.2. The molecule has 17 aromatic carbocycles. The van der Waals surface area contributed by atoms with Crippen LogP contribution in [-0.2, 0) is 0 Å². The molecule has 0 aliphatic heterocycles. The lowest BCUT2D eigenvalue weighted by Crippen LogP contribution is -1.87. The zero-order chi connectivity index (χ0) is 75.8. The van der Waals surface area contributed by atoms with E-state index in [0.717, 1.165) is 0 Å². The molecule has 0 atom stereocenters. The first kappa shape index (κ1) is 78.7. The van der Waals surface area contributed by atoms with Crippen LogP contribution in [0.5, 0.6) is 0 Å². The zero-order valence-corrected chi connectivity index (χ0v) is 66.2. The minimum atomic E-state index is 1.29. The number of aryl methyl sites for hydroxylation is 18. The van der Waals surface area contributed by atoms with Crippen molar-refractivity contribution in [2.75, 3.05) is 0 Å². The summed E-state index contributed by atoms with van der Waals surface area (Å²) in [6.45, 7) is 38.6. The molecule has 17 rings (SSSR count). The molecular formula is C106H108. The summed E-state index contributed by atoms with van der Waals surface area (Å²) in [5.74, 6) is 0. The molecule has 0 saturated carbocycles. The van der Waals surface area contributed by atoms with Crippen molar-refractivity contribution in [2.45, 2.75) is 125 Å².